The van der Waals surface area contributed by atoms with Crippen molar-refractivity contribution in [1.82, 2.24) is 4.90 Å². The molecule has 0 amide bonds. The molecule has 2 nitrogen and oxygen atoms in total. The number of hydrogen-bond acceptors (Lipinski definition) is 2. The van der Waals surface area contributed by atoms with Gasteiger partial charge in [0.2, 0.25) is 0 Å². The van der Waals surface area contributed by atoms with Crippen molar-refractivity contribution >= 4 is 6.21 Å². The van der Waals surface area contributed by atoms with Crippen molar-refractivity contribution in [3.05, 3.63) is 11.9 Å². The van der Waals surface area contributed by atoms with Crippen LogP contribution in [0.1, 0.15) is 13.8 Å². The Morgan fingerprint density at radius 3 is 2.11 bits per heavy atom. The smallest absolute Gasteiger partial charge is 0.0737 e. The lowest BCUT2D eigenvalue weighted by Gasteiger charge is -2.23. The van der Waals surface area contributed by atoms with Crippen LogP contribution in [0.3, 0.4) is 0 Å². The van der Waals surface area contributed by atoms with Crippen molar-refractivity contribution in [2.24, 2.45) is 4.99 Å². The number of allylic oxidation sites excluding steroid dienone is 1. The topological polar surface area (TPSA) is 15.6 Å². The quantitative estimate of drug-likeness (QED) is 0.553. The van der Waals surface area contributed by atoms with E-state index >= 15 is 0 Å². The summed E-state index contributed by atoms with van der Waals surface area (Å²) >= 11 is 0. The van der Waals surface area contributed by atoms with Crippen LogP contribution in [0.5, 0.6) is 0 Å². The first-order chi connectivity index (χ1) is 4.38. The highest BCUT2D eigenvalue weighted by molar-refractivity contribution is 5.83. The Balaban J connectivity index is 2.38. The monoisotopic (exact) mass is 124 g/mol. The summed E-state index contributed by atoms with van der Waals surface area (Å²) in [7, 11) is 0. The van der Waals surface area contributed by atoms with Crippen LogP contribution in [-0.4, -0.2) is 24.2 Å². The van der Waals surface area contributed by atoms with E-state index in [4.69, 9.17) is 0 Å². The SMILES string of the molecule is CCN(CC)C1=CN=C1. The van der Waals surface area contributed by atoms with Crippen molar-refractivity contribution in [2.45, 2.75) is 13.8 Å². The molecule has 0 spiro atoms. The first kappa shape index (κ1) is 6.33. The molecule has 2 heteroatoms. The van der Waals surface area contributed by atoms with E-state index in [0.29, 0.717) is 0 Å². The molecule has 50 valence electrons. The van der Waals surface area contributed by atoms with Crippen LogP contribution < -0.4 is 0 Å². The van der Waals surface area contributed by atoms with Crippen LogP contribution in [-0.2, 0) is 0 Å². The van der Waals surface area contributed by atoms with Gasteiger partial charge in [-0.2, -0.15) is 0 Å². The predicted molar refractivity (Wildman–Crippen MR) is 39.5 cm³/mol. The lowest BCUT2D eigenvalue weighted by Crippen LogP contribution is -2.24. The molecule has 9 heavy (non-hydrogen) atoms. The van der Waals surface area contributed by atoms with Crippen LogP contribution in [0, 0.1) is 0 Å². The van der Waals surface area contributed by atoms with E-state index in [-0.39, 0.29) is 0 Å². The van der Waals surface area contributed by atoms with Crippen LogP contribution >= 0.6 is 0 Å². The molecule has 0 aromatic heterocycles. The van der Waals surface area contributed by atoms with Crippen molar-refractivity contribution in [1.29, 1.82) is 0 Å². The molecule has 0 atom stereocenters. The van der Waals surface area contributed by atoms with Gasteiger partial charge in [-0.3, -0.25) is 4.99 Å². The Morgan fingerprint density at radius 2 is 2.00 bits per heavy atom. The van der Waals surface area contributed by atoms with Gasteiger partial charge in [0, 0.05) is 13.1 Å². The molecule has 0 bridgehead atoms. The van der Waals surface area contributed by atoms with Crippen molar-refractivity contribution in [3.63, 3.8) is 0 Å². The highest BCUT2D eigenvalue weighted by atomic mass is 15.1. The second-order valence-corrected chi connectivity index (χ2v) is 2.00. The van der Waals surface area contributed by atoms with Gasteiger partial charge in [-0.25, -0.2) is 0 Å². The maximum Gasteiger partial charge on any atom is 0.0737 e. The summed E-state index contributed by atoms with van der Waals surface area (Å²) in [6.07, 6.45) is 3.79. The van der Waals surface area contributed by atoms with Gasteiger partial charge in [-0.15, -0.1) is 0 Å². The maximum absolute atomic E-state index is 3.89. The Bertz CT molecular complexity index is 143. The van der Waals surface area contributed by atoms with Gasteiger partial charge in [0.15, 0.2) is 0 Å². The molecule has 1 rings (SSSR count). The number of nitrogens with zero attached hydrogens (tertiary/aromatic N) is 2. The van der Waals surface area contributed by atoms with Gasteiger partial charge in [0.1, 0.15) is 0 Å². The van der Waals surface area contributed by atoms with Crippen molar-refractivity contribution in [3.8, 4) is 0 Å². The lowest BCUT2D eigenvalue weighted by atomic mass is 10.3. The molecule has 0 fully saturated rings. The number of rotatable bonds is 3. The van der Waals surface area contributed by atoms with E-state index in [1.807, 2.05) is 12.4 Å². The maximum atomic E-state index is 3.89. The Hall–Kier alpha value is -0.790. The first-order valence-corrected chi connectivity index (χ1v) is 3.36. The second-order valence-electron chi connectivity index (χ2n) is 2.00. The molecule has 0 radical (unpaired) electrons. The minimum absolute atomic E-state index is 1.08. The predicted octanol–water partition coefficient (Wildman–Crippen LogP) is 1.25. The third kappa shape index (κ3) is 1.12. The van der Waals surface area contributed by atoms with E-state index in [2.05, 4.69) is 23.7 Å². The van der Waals surface area contributed by atoms with E-state index in [9.17, 15) is 0 Å². The van der Waals surface area contributed by atoms with Crippen LogP contribution in [0.4, 0.5) is 0 Å². The van der Waals surface area contributed by atoms with Crippen molar-refractivity contribution < 1.29 is 0 Å². The van der Waals surface area contributed by atoms with Gasteiger partial charge in [0.25, 0.3) is 0 Å². The molecule has 1 heterocycles. The molecule has 0 aromatic rings. The Labute approximate surface area is 55.9 Å². The second kappa shape index (κ2) is 2.67. The van der Waals surface area contributed by atoms with Crippen molar-refractivity contribution in [2.75, 3.05) is 13.1 Å². The third-order valence-corrected chi connectivity index (χ3v) is 1.54. The third-order valence-electron chi connectivity index (χ3n) is 1.54. The van der Waals surface area contributed by atoms with Crippen LogP contribution in [0.25, 0.3) is 0 Å². The van der Waals surface area contributed by atoms with Gasteiger partial charge in [0.05, 0.1) is 18.1 Å². The van der Waals surface area contributed by atoms with E-state index < -0.39 is 0 Å². The Morgan fingerprint density at radius 1 is 1.44 bits per heavy atom. The standard InChI is InChI=1S/C7H12N2/c1-3-9(4-2)7-5-8-6-7/h5-6H,3-4H2,1-2H3. The molecule has 1 aliphatic rings. The van der Waals surface area contributed by atoms with E-state index in [0.717, 1.165) is 13.1 Å². The summed E-state index contributed by atoms with van der Waals surface area (Å²) in [5.41, 5.74) is 1.26. The number of hydrogen-bond donors (Lipinski definition) is 0. The molecule has 0 N–H and O–H groups in total. The molecular weight excluding hydrogens is 112 g/mol. The molecule has 0 aromatic carbocycles. The summed E-state index contributed by atoms with van der Waals surface area (Å²) in [5.74, 6) is 0. The molecule has 0 saturated heterocycles. The van der Waals surface area contributed by atoms with Crippen LogP contribution in [0.15, 0.2) is 16.9 Å². The summed E-state index contributed by atoms with van der Waals surface area (Å²) in [5, 5.41) is 0. The normalized spacial score (nSPS) is 14.7. The average molecular weight is 124 g/mol. The van der Waals surface area contributed by atoms with Crippen LogP contribution in [0.2, 0.25) is 0 Å². The van der Waals surface area contributed by atoms with Gasteiger partial charge in [-0.1, -0.05) is 0 Å². The van der Waals surface area contributed by atoms with Gasteiger partial charge < -0.3 is 4.90 Å². The minimum atomic E-state index is 1.08. The molecule has 0 saturated carbocycles. The number of aliphatic imine (C=N–C) groups is 1. The fourth-order valence-electron chi connectivity index (χ4n) is 0.893. The van der Waals surface area contributed by atoms with Gasteiger partial charge in [-0.05, 0) is 13.8 Å². The zero-order chi connectivity index (χ0) is 6.69. The zero-order valence-corrected chi connectivity index (χ0v) is 5.96. The minimum Gasteiger partial charge on any atom is -0.370 e. The fourth-order valence-corrected chi connectivity index (χ4v) is 0.893. The Kier molecular flexibility index (Phi) is 1.88. The first-order valence-electron chi connectivity index (χ1n) is 3.36. The lowest BCUT2D eigenvalue weighted by molar-refractivity contribution is 0.399. The largest absolute Gasteiger partial charge is 0.370 e. The molecule has 1 aliphatic heterocycles. The van der Waals surface area contributed by atoms with E-state index in [1.165, 1.54) is 5.70 Å². The highest BCUT2D eigenvalue weighted by Gasteiger charge is 2.05. The molecular formula is C7H12N2. The average Bonchev–Trinajstić information content (AvgIpc) is 1.78. The highest BCUT2D eigenvalue weighted by Crippen LogP contribution is 2.06. The summed E-state index contributed by atoms with van der Waals surface area (Å²) in [6, 6.07) is 0. The summed E-state index contributed by atoms with van der Waals surface area (Å²) < 4.78 is 0. The van der Waals surface area contributed by atoms with Gasteiger partial charge >= 0.3 is 0 Å². The van der Waals surface area contributed by atoms with E-state index in [1.54, 1.807) is 0 Å². The molecule has 0 aliphatic carbocycles. The summed E-state index contributed by atoms with van der Waals surface area (Å²) in [4.78, 5) is 6.16. The zero-order valence-electron chi connectivity index (χ0n) is 5.96. The molecule has 0 unspecified atom stereocenters. The summed E-state index contributed by atoms with van der Waals surface area (Å²) in [6.45, 7) is 6.45. The fraction of sp³-hybridized carbons (Fsp3) is 0.571.